The van der Waals surface area contributed by atoms with Gasteiger partial charge < -0.3 is 19.5 Å². The molecule has 2 aromatic rings. The normalized spacial score (nSPS) is 19.1. The number of hydrogen-bond acceptors (Lipinski definition) is 6. The van der Waals surface area contributed by atoms with Crippen LogP contribution in [-0.2, 0) is 17.8 Å². The fraction of sp³-hybridized carbons (Fsp3) is 0.500. The Balaban J connectivity index is 1.24. The molecule has 8 heteroatoms. The van der Waals surface area contributed by atoms with Gasteiger partial charge >= 0.3 is 0 Å². The van der Waals surface area contributed by atoms with Gasteiger partial charge in [0, 0.05) is 43.5 Å². The molecule has 0 bridgehead atoms. The van der Waals surface area contributed by atoms with Gasteiger partial charge in [0.15, 0.2) is 6.61 Å². The predicted octanol–water partition coefficient (Wildman–Crippen LogP) is 1.95. The zero-order chi connectivity index (χ0) is 19.5. The van der Waals surface area contributed by atoms with E-state index in [1.54, 1.807) is 24.3 Å². The minimum absolute atomic E-state index is 0.144. The molecule has 2 aliphatic rings. The van der Waals surface area contributed by atoms with E-state index in [4.69, 9.17) is 9.26 Å². The van der Waals surface area contributed by atoms with Crippen molar-refractivity contribution in [1.29, 1.82) is 0 Å². The average molecular weight is 384 g/mol. The van der Waals surface area contributed by atoms with Crippen molar-refractivity contribution in [3.05, 3.63) is 41.5 Å². The molecule has 1 aromatic carbocycles. The third kappa shape index (κ3) is 4.32. The fourth-order valence-corrected chi connectivity index (χ4v) is 3.37. The molecule has 4 rings (SSSR count). The van der Waals surface area contributed by atoms with E-state index in [-0.39, 0.29) is 24.3 Å². The Hall–Kier alpha value is -2.90. The Labute approximate surface area is 163 Å². The summed E-state index contributed by atoms with van der Waals surface area (Å²) in [6, 6.07) is 7.36. The van der Waals surface area contributed by atoms with Crippen molar-refractivity contribution in [1.82, 2.24) is 20.4 Å². The number of carbonyl (C=O) groups excluding carboxylic acids is 2. The molecule has 1 saturated carbocycles. The Bertz CT molecular complexity index is 844. The van der Waals surface area contributed by atoms with Crippen molar-refractivity contribution in [2.75, 3.05) is 13.1 Å². The van der Waals surface area contributed by atoms with Crippen LogP contribution < -0.4 is 10.1 Å². The van der Waals surface area contributed by atoms with Crippen molar-refractivity contribution < 1.29 is 18.8 Å². The number of amides is 2. The number of aryl methyl sites for hydroxylation is 1. The summed E-state index contributed by atoms with van der Waals surface area (Å²) in [5.41, 5.74) is 0.559. The molecule has 8 nitrogen and oxygen atoms in total. The summed E-state index contributed by atoms with van der Waals surface area (Å²) in [7, 11) is 0. The van der Waals surface area contributed by atoms with Crippen LogP contribution in [0.2, 0.25) is 0 Å². The third-order valence-corrected chi connectivity index (χ3v) is 5.07. The lowest BCUT2D eigenvalue weighted by Gasteiger charge is -2.15. The number of nitrogens with one attached hydrogen (secondary N) is 1. The maximum atomic E-state index is 12.4. The van der Waals surface area contributed by atoms with Gasteiger partial charge in [0.05, 0.1) is 0 Å². The first-order valence-corrected chi connectivity index (χ1v) is 9.74. The van der Waals surface area contributed by atoms with Gasteiger partial charge in [-0.15, -0.1) is 0 Å². The van der Waals surface area contributed by atoms with E-state index in [1.807, 2.05) is 11.8 Å². The van der Waals surface area contributed by atoms with E-state index >= 15 is 0 Å². The van der Waals surface area contributed by atoms with Gasteiger partial charge in [-0.3, -0.25) is 9.59 Å². The second-order valence-electron chi connectivity index (χ2n) is 7.33. The molecule has 1 aromatic heterocycles. The van der Waals surface area contributed by atoms with Crippen LogP contribution in [0, 0.1) is 5.92 Å². The highest BCUT2D eigenvalue weighted by molar-refractivity contribution is 5.94. The first-order valence-electron chi connectivity index (χ1n) is 9.74. The molecule has 2 heterocycles. The summed E-state index contributed by atoms with van der Waals surface area (Å²) in [5, 5.41) is 6.77. The lowest BCUT2D eigenvalue weighted by atomic mass is 10.1. The summed E-state index contributed by atoms with van der Waals surface area (Å²) < 4.78 is 10.7. The van der Waals surface area contributed by atoms with E-state index in [1.165, 1.54) is 0 Å². The highest BCUT2D eigenvalue weighted by Gasteiger charge is 2.39. The summed E-state index contributed by atoms with van der Waals surface area (Å²) >= 11 is 0. The van der Waals surface area contributed by atoms with Crippen LogP contribution in [0.4, 0.5) is 0 Å². The molecule has 0 radical (unpaired) electrons. The molecule has 1 unspecified atom stereocenters. The zero-order valence-corrected chi connectivity index (χ0v) is 15.9. The molecule has 1 saturated heterocycles. The molecule has 1 aliphatic heterocycles. The third-order valence-electron chi connectivity index (χ3n) is 5.07. The van der Waals surface area contributed by atoms with Crippen molar-refractivity contribution in [2.45, 2.75) is 45.3 Å². The van der Waals surface area contributed by atoms with E-state index in [0.29, 0.717) is 48.5 Å². The topological polar surface area (TPSA) is 97.6 Å². The Morgan fingerprint density at radius 3 is 2.79 bits per heavy atom. The predicted molar refractivity (Wildman–Crippen MR) is 99.6 cm³/mol. The van der Waals surface area contributed by atoms with Crippen LogP contribution in [0.3, 0.4) is 0 Å². The number of nitrogens with zero attached hydrogens (tertiary/aromatic N) is 3. The SMILES string of the molecule is CCc1nc(COc2ccc(C(=O)NCC3CC(=O)N(C4CC4)C3)cc2)no1. The Morgan fingerprint density at radius 1 is 1.32 bits per heavy atom. The molecule has 28 heavy (non-hydrogen) atoms. The molecular weight excluding hydrogens is 360 g/mol. The van der Waals surface area contributed by atoms with Gasteiger partial charge in [-0.2, -0.15) is 4.98 Å². The van der Waals surface area contributed by atoms with Gasteiger partial charge in [-0.05, 0) is 37.1 Å². The molecule has 2 amide bonds. The highest BCUT2D eigenvalue weighted by Crippen LogP contribution is 2.32. The second-order valence-corrected chi connectivity index (χ2v) is 7.33. The van der Waals surface area contributed by atoms with Crippen molar-refractivity contribution in [2.24, 2.45) is 5.92 Å². The molecule has 0 spiro atoms. The minimum Gasteiger partial charge on any atom is -0.485 e. The highest BCUT2D eigenvalue weighted by atomic mass is 16.5. The summed E-state index contributed by atoms with van der Waals surface area (Å²) in [4.78, 5) is 30.5. The molecule has 148 valence electrons. The zero-order valence-electron chi connectivity index (χ0n) is 15.9. The smallest absolute Gasteiger partial charge is 0.251 e. The Kier molecular flexibility index (Phi) is 5.27. The van der Waals surface area contributed by atoms with Crippen LogP contribution in [0.5, 0.6) is 5.75 Å². The number of ether oxygens (including phenoxy) is 1. The number of hydrogen-bond donors (Lipinski definition) is 1. The standard InChI is InChI=1S/C20H24N4O4/c1-2-18-22-17(23-28-18)12-27-16-7-3-14(4-8-16)20(26)21-10-13-9-19(25)24(11-13)15-5-6-15/h3-4,7-8,13,15H,2,5-6,9-12H2,1H3,(H,21,26). The Morgan fingerprint density at radius 2 is 2.11 bits per heavy atom. The maximum absolute atomic E-state index is 12.4. The van der Waals surface area contributed by atoms with Crippen molar-refractivity contribution in [3.63, 3.8) is 0 Å². The van der Waals surface area contributed by atoms with Crippen molar-refractivity contribution in [3.8, 4) is 5.75 Å². The number of benzene rings is 1. The molecule has 1 atom stereocenters. The van der Waals surface area contributed by atoms with Crippen LogP contribution in [0.1, 0.15) is 48.3 Å². The van der Waals surface area contributed by atoms with Gasteiger partial charge in [-0.1, -0.05) is 12.1 Å². The first-order chi connectivity index (χ1) is 13.6. The largest absolute Gasteiger partial charge is 0.485 e. The van der Waals surface area contributed by atoms with Gasteiger partial charge in [-0.25, -0.2) is 0 Å². The maximum Gasteiger partial charge on any atom is 0.251 e. The van der Waals surface area contributed by atoms with E-state index in [9.17, 15) is 9.59 Å². The van der Waals surface area contributed by atoms with Gasteiger partial charge in [0.1, 0.15) is 5.75 Å². The molecule has 1 aliphatic carbocycles. The number of likely N-dealkylation sites (tertiary alicyclic amines) is 1. The van der Waals surface area contributed by atoms with E-state index in [0.717, 1.165) is 19.4 Å². The lowest BCUT2D eigenvalue weighted by molar-refractivity contribution is -0.128. The molecular formula is C20H24N4O4. The van der Waals surface area contributed by atoms with E-state index < -0.39 is 0 Å². The molecule has 2 fully saturated rings. The first kappa shape index (κ1) is 18.5. The van der Waals surface area contributed by atoms with Crippen LogP contribution >= 0.6 is 0 Å². The van der Waals surface area contributed by atoms with E-state index in [2.05, 4.69) is 15.5 Å². The number of aromatic nitrogens is 2. The lowest BCUT2D eigenvalue weighted by Crippen LogP contribution is -2.32. The average Bonchev–Trinajstić information content (AvgIpc) is 3.33. The van der Waals surface area contributed by atoms with Crippen LogP contribution in [-0.4, -0.2) is 46.0 Å². The van der Waals surface area contributed by atoms with Gasteiger partial charge in [0.25, 0.3) is 5.91 Å². The number of rotatable bonds is 8. The monoisotopic (exact) mass is 384 g/mol. The van der Waals surface area contributed by atoms with Crippen LogP contribution in [0.15, 0.2) is 28.8 Å². The van der Waals surface area contributed by atoms with Gasteiger partial charge in [0.2, 0.25) is 17.6 Å². The fourth-order valence-electron chi connectivity index (χ4n) is 3.37. The minimum atomic E-state index is -0.144. The summed E-state index contributed by atoms with van der Waals surface area (Å²) in [5.74, 6) is 1.97. The second kappa shape index (κ2) is 8.00. The quantitative estimate of drug-likeness (QED) is 0.747. The summed E-state index contributed by atoms with van der Waals surface area (Å²) in [6.45, 7) is 3.42. The molecule has 1 N–H and O–H groups in total. The van der Waals surface area contributed by atoms with Crippen molar-refractivity contribution >= 4 is 11.8 Å². The number of carbonyl (C=O) groups is 2. The summed E-state index contributed by atoms with van der Waals surface area (Å²) in [6.07, 6.45) is 3.45. The van der Waals surface area contributed by atoms with Crippen LogP contribution in [0.25, 0.3) is 0 Å².